The van der Waals surface area contributed by atoms with Gasteiger partial charge in [0.15, 0.2) is 0 Å². The molecule has 0 atom stereocenters. The maximum absolute atomic E-state index is 6.15. The minimum Gasteiger partial charge on any atom is -0.403 e. The first-order chi connectivity index (χ1) is 8.86. The molecule has 2 fully saturated rings. The highest BCUT2D eigenvalue weighted by Gasteiger charge is 2.53. The molecule has 2 rings (SSSR count). The molecular formula is C13H27BBrClN2O2. The Kier molecular flexibility index (Phi) is 6.83. The highest BCUT2D eigenvalue weighted by Crippen LogP contribution is 2.42. The molecular weight excluding hydrogens is 342 g/mol. The molecule has 0 aromatic carbocycles. The fraction of sp³-hybridized carbons (Fsp3) is 1.00. The van der Waals surface area contributed by atoms with Crippen molar-refractivity contribution in [2.75, 3.05) is 25.0 Å². The van der Waals surface area contributed by atoms with Crippen molar-refractivity contribution in [3.63, 3.8) is 0 Å². The van der Waals surface area contributed by atoms with Gasteiger partial charge < -0.3 is 9.31 Å². The summed E-state index contributed by atoms with van der Waals surface area (Å²) in [5.74, 6) is 0.517. The Bertz CT molecular complexity index is 297. The zero-order valence-electron chi connectivity index (χ0n) is 12.9. The lowest BCUT2D eigenvalue weighted by Gasteiger charge is -2.32. The van der Waals surface area contributed by atoms with Gasteiger partial charge in [0.2, 0.25) is 0 Å². The van der Waals surface area contributed by atoms with Crippen LogP contribution in [0, 0.1) is 0 Å². The molecule has 7 heteroatoms. The van der Waals surface area contributed by atoms with E-state index in [-0.39, 0.29) is 30.7 Å². The number of alkyl halides is 1. The van der Waals surface area contributed by atoms with Gasteiger partial charge in [-0.25, -0.2) is 5.01 Å². The van der Waals surface area contributed by atoms with Crippen molar-refractivity contribution in [3.05, 3.63) is 0 Å². The van der Waals surface area contributed by atoms with Crippen LogP contribution in [0.15, 0.2) is 0 Å². The number of nitrogens with one attached hydrogen (secondary N) is 1. The summed E-state index contributed by atoms with van der Waals surface area (Å²) in [7, 11) is -0.0386. The predicted octanol–water partition coefficient (Wildman–Crippen LogP) is 2.87. The number of piperidine rings is 1. The molecule has 0 aliphatic carbocycles. The van der Waals surface area contributed by atoms with Crippen molar-refractivity contribution >= 4 is 35.5 Å². The quantitative estimate of drug-likeness (QED) is 0.610. The van der Waals surface area contributed by atoms with Crippen LogP contribution in [-0.2, 0) is 9.31 Å². The summed E-state index contributed by atoms with van der Waals surface area (Å²) in [6, 6.07) is 0. The summed E-state index contributed by atoms with van der Waals surface area (Å²) < 4.78 is 12.3. The third-order valence-corrected chi connectivity index (χ3v) is 5.02. The minimum absolute atomic E-state index is 0. The maximum atomic E-state index is 6.15. The van der Waals surface area contributed by atoms with E-state index in [0.717, 1.165) is 37.8 Å². The molecule has 0 amide bonds. The standard InChI is InChI=1S/C13H26BBrN2O2.ClH/c1-12(2)13(3,4)19-14(18-12)11-5-9-17(10-6-11)16-8-7-15;/h11,16H,5-10H2,1-4H3;1H. The van der Waals surface area contributed by atoms with E-state index in [0.29, 0.717) is 5.82 Å². The number of hydrogen-bond donors (Lipinski definition) is 1. The van der Waals surface area contributed by atoms with Gasteiger partial charge in [0.05, 0.1) is 11.2 Å². The first-order valence-electron chi connectivity index (χ1n) is 7.26. The third kappa shape index (κ3) is 4.11. The van der Waals surface area contributed by atoms with Crippen LogP contribution in [0.1, 0.15) is 40.5 Å². The van der Waals surface area contributed by atoms with Crippen molar-refractivity contribution in [2.24, 2.45) is 0 Å². The van der Waals surface area contributed by atoms with E-state index in [4.69, 9.17) is 9.31 Å². The lowest BCUT2D eigenvalue weighted by Crippen LogP contribution is -2.45. The van der Waals surface area contributed by atoms with E-state index in [1.54, 1.807) is 0 Å². The van der Waals surface area contributed by atoms with Crippen molar-refractivity contribution in [1.82, 2.24) is 10.4 Å². The van der Waals surface area contributed by atoms with E-state index in [9.17, 15) is 0 Å². The van der Waals surface area contributed by atoms with E-state index in [1.807, 2.05) is 0 Å². The summed E-state index contributed by atoms with van der Waals surface area (Å²) in [6.45, 7) is 11.6. The second-order valence-electron chi connectivity index (χ2n) is 6.55. The van der Waals surface area contributed by atoms with Crippen LogP contribution in [0.2, 0.25) is 5.82 Å². The number of rotatable bonds is 4. The summed E-state index contributed by atoms with van der Waals surface area (Å²) in [4.78, 5) is 0. The maximum Gasteiger partial charge on any atom is 0.461 e. The minimum atomic E-state index is -0.205. The van der Waals surface area contributed by atoms with Gasteiger partial charge in [-0.15, -0.1) is 12.4 Å². The van der Waals surface area contributed by atoms with Gasteiger partial charge in [-0.1, -0.05) is 15.9 Å². The fourth-order valence-corrected chi connectivity index (χ4v) is 2.79. The van der Waals surface area contributed by atoms with Crippen LogP contribution in [0.25, 0.3) is 0 Å². The SMILES string of the molecule is CC1(C)OB(C2CCN(NCCBr)CC2)OC1(C)C.Cl. The van der Waals surface area contributed by atoms with Crippen molar-refractivity contribution in [2.45, 2.75) is 57.6 Å². The first kappa shape index (κ1) is 18.7. The molecule has 2 aliphatic heterocycles. The van der Waals surface area contributed by atoms with Gasteiger partial charge in [-0.05, 0) is 46.4 Å². The molecule has 1 N–H and O–H groups in total. The molecule has 2 aliphatic rings. The molecule has 20 heavy (non-hydrogen) atoms. The van der Waals surface area contributed by atoms with Crippen LogP contribution < -0.4 is 5.43 Å². The molecule has 118 valence electrons. The third-order valence-electron chi connectivity index (χ3n) is 4.63. The van der Waals surface area contributed by atoms with Gasteiger partial charge in [-0.3, -0.25) is 5.43 Å². The topological polar surface area (TPSA) is 33.7 Å². The Hall–Kier alpha value is 0.675. The van der Waals surface area contributed by atoms with Crippen LogP contribution in [0.3, 0.4) is 0 Å². The molecule has 0 aromatic rings. The van der Waals surface area contributed by atoms with Gasteiger partial charge in [0.25, 0.3) is 0 Å². The molecule has 4 nitrogen and oxygen atoms in total. The van der Waals surface area contributed by atoms with Crippen molar-refractivity contribution in [3.8, 4) is 0 Å². The Balaban J connectivity index is 0.00000200. The van der Waals surface area contributed by atoms with Gasteiger partial charge in [0, 0.05) is 25.0 Å². The molecule has 0 aromatic heterocycles. The molecule has 2 saturated heterocycles. The predicted molar refractivity (Wildman–Crippen MR) is 89.7 cm³/mol. The number of hydrogen-bond acceptors (Lipinski definition) is 4. The molecule has 0 radical (unpaired) electrons. The normalized spacial score (nSPS) is 26.6. The molecule has 0 bridgehead atoms. The van der Waals surface area contributed by atoms with Gasteiger partial charge >= 0.3 is 7.12 Å². The number of hydrazine groups is 1. The number of halogens is 2. The molecule has 2 heterocycles. The largest absolute Gasteiger partial charge is 0.461 e. The van der Waals surface area contributed by atoms with Crippen LogP contribution in [-0.4, -0.2) is 48.3 Å². The van der Waals surface area contributed by atoms with Crippen LogP contribution >= 0.6 is 28.3 Å². The van der Waals surface area contributed by atoms with Gasteiger partial charge in [-0.2, -0.15) is 0 Å². The highest BCUT2D eigenvalue weighted by molar-refractivity contribution is 9.09. The Labute approximate surface area is 138 Å². The Morgan fingerprint density at radius 2 is 1.65 bits per heavy atom. The summed E-state index contributed by atoms with van der Waals surface area (Å²) >= 11 is 3.44. The van der Waals surface area contributed by atoms with E-state index in [2.05, 4.69) is 54.1 Å². The smallest absolute Gasteiger partial charge is 0.403 e. The fourth-order valence-electron chi connectivity index (χ4n) is 2.61. The average Bonchev–Trinajstić information content (AvgIpc) is 2.56. The Morgan fingerprint density at radius 3 is 2.10 bits per heavy atom. The zero-order valence-corrected chi connectivity index (χ0v) is 15.3. The lowest BCUT2D eigenvalue weighted by atomic mass is 9.67. The summed E-state index contributed by atoms with van der Waals surface area (Å²) in [5, 5.41) is 3.30. The van der Waals surface area contributed by atoms with E-state index < -0.39 is 0 Å². The van der Waals surface area contributed by atoms with E-state index in [1.165, 1.54) is 0 Å². The molecule has 0 spiro atoms. The molecule has 0 unspecified atom stereocenters. The molecule has 0 saturated carbocycles. The second-order valence-corrected chi connectivity index (χ2v) is 7.34. The average molecular weight is 370 g/mol. The van der Waals surface area contributed by atoms with E-state index >= 15 is 0 Å². The summed E-state index contributed by atoms with van der Waals surface area (Å²) in [5.41, 5.74) is 3.01. The monoisotopic (exact) mass is 368 g/mol. The summed E-state index contributed by atoms with van der Waals surface area (Å²) in [6.07, 6.45) is 2.26. The highest BCUT2D eigenvalue weighted by atomic mass is 79.9. The van der Waals surface area contributed by atoms with Crippen molar-refractivity contribution in [1.29, 1.82) is 0 Å². The van der Waals surface area contributed by atoms with Crippen molar-refractivity contribution < 1.29 is 9.31 Å². The lowest BCUT2D eigenvalue weighted by molar-refractivity contribution is 0.00578. The second kappa shape index (κ2) is 7.29. The van der Waals surface area contributed by atoms with Gasteiger partial charge in [0.1, 0.15) is 0 Å². The number of nitrogens with zero attached hydrogens (tertiary/aromatic N) is 1. The zero-order chi connectivity index (χ0) is 14.1. The first-order valence-corrected chi connectivity index (χ1v) is 8.38. The van der Waals surface area contributed by atoms with Crippen LogP contribution in [0.4, 0.5) is 0 Å². The van der Waals surface area contributed by atoms with Crippen LogP contribution in [0.5, 0.6) is 0 Å². The Morgan fingerprint density at radius 1 is 1.15 bits per heavy atom.